The van der Waals surface area contributed by atoms with Crippen molar-refractivity contribution in [3.8, 4) is 16.9 Å². The Morgan fingerprint density at radius 2 is 1.38 bits per heavy atom. The maximum atomic E-state index is 13.0. The van der Waals surface area contributed by atoms with Crippen molar-refractivity contribution >= 4 is 54.4 Å². The molecule has 0 bridgehead atoms. The molecule has 0 amide bonds. The number of thiophene rings is 1. The molecule has 4 rings (SSSR count). The molecule has 0 atom stereocenters. The molecule has 2 N–H and O–H groups in total. The first-order chi connectivity index (χ1) is 17.3. The van der Waals surface area contributed by atoms with Crippen molar-refractivity contribution in [1.82, 2.24) is 0 Å². The Morgan fingerprint density at radius 3 is 1.97 bits per heavy atom. The van der Waals surface area contributed by atoms with Crippen molar-refractivity contribution in [2.24, 2.45) is 0 Å². The number of ether oxygens (including phenoxy) is 1. The summed E-state index contributed by atoms with van der Waals surface area (Å²) in [6, 6.07) is 19.7. The van der Waals surface area contributed by atoms with E-state index in [2.05, 4.69) is 14.2 Å². The van der Waals surface area contributed by atoms with Crippen LogP contribution in [0.5, 0.6) is 5.75 Å². The maximum Gasteiger partial charge on any atom is 0.573 e. The first-order valence-corrected chi connectivity index (χ1v) is 14.3. The Hall–Kier alpha value is -3.26. The molecule has 0 fully saturated rings. The summed E-state index contributed by atoms with van der Waals surface area (Å²) in [5.74, 6) is -0.596. The molecule has 0 aliphatic heterocycles. The third-order valence-electron chi connectivity index (χ3n) is 4.80. The molecular weight excluding hydrogens is 573 g/mol. The number of nitrogens with one attached hydrogen (secondary N) is 2. The molecule has 1 aromatic heterocycles. The molecule has 194 valence electrons. The van der Waals surface area contributed by atoms with E-state index in [0.29, 0.717) is 5.56 Å². The van der Waals surface area contributed by atoms with Crippen LogP contribution in [-0.4, -0.2) is 23.2 Å². The summed E-state index contributed by atoms with van der Waals surface area (Å²) in [4.78, 5) is -0.368. The van der Waals surface area contributed by atoms with Gasteiger partial charge in [0.05, 0.1) is 20.6 Å². The van der Waals surface area contributed by atoms with Crippen molar-refractivity contribution in [2.75, 3.05) is 9.44 Å². The number of alkyl halides is 3. The van der Waals surface area contributed by atoms with E-state index in [9.17, 15) is 30.0 Å². The third kappa shape index (κ3) is 6.74. The monoisotopic (exact) mass is 588 g/mol. The highest BCUT2D eigenvalue weighted by molar-refractivity contribution is 7.94. The number of hydrogen-bond acceptors (Lipinski definition) is 6. The Bertz CT molecular complexity index is 1620. The SMILES string of the molecule is O=S(=O)(Nc1ccc(-c2ccccc2)cc1NS(=O)(=O)c1ccc(Cl)s1)c1ccc(OC(F)(F)F)cc1. The molecule has 3 aromatic carbocycles. The minimum Gasteiger partial charge on any atom is -0.406 e. The van der Waals surface area contributed by atoms with E-state index in [1.165, 1.54) is 24.3 Å². The van der Waals surface area contributed by atoms with Crippen LogP contribution in [0.4, 0.5) is 24.5 Å². The van der Waals surface area contributed by atoms with Gasteiger partial charge in [0.2, 0.25) is 0 Å². The lowest BCUT2D eigenvalue weighted by molar-refractivity contribution is -0.274. The van der Waals surface area contributed by atoms with Gasteiger partial charge in [0, 0.05) is 0 Å². The van der Waals surface area contributed by atoms with E-state index in [1.807, 2.05) is 0 Å². The Balaban J connectivity index is 1.70. The van der Waals surface area contributed by atoms with Crippen molar-refractivity contribution in [1.29, 1.82) is 0 Å². The number of anilines is 2. The largest absolute Gasteiger partial charge is 0.573 e. The zero-order chi connectivity index (χ0) is 26.8. The van der Waals surface area contributed by atoms with E-state index < -0.39 is 32.2 Å². The highest BCUT2D eigenvalue weighted by Crippen LogP contribution is 2.34. The van der Waals surface area contributed by atoms with Gasteiger partial charge in [-0.05, 0) is 59.7 Å². The summed E-state index contributed by atoms with van der Waals surface area (Å²) in [6.07, 6.45) is -4.93. The first-order valence-electron chi connectivity index (χ1n) is 10.2. The van der Waals surface area contributed by atoms with Crippen LogP contribution < -0.4 is 14.2 Å². The van der Waals surface area contributed by atoms with Crippen LogP contribution in [0.1, 0.15) is 0 Å². The summed E-state index contributed by atoms with van der Waals surface area (Å²) in [7, 11) is -8.46. The predicted molar refractivity (Wildman–Crippen MR) is 136 cm³/mol. The third-order valence-corrected chi connectivity index (χ3v) is 9.27. The van der Waals surface area contributed by atoms with Gasteiger partial charge in [0.1, 0.15) is 9.96 Å². The molecule has 0 unspecified atom stereocenters. The number of rotatable bonds is 8. The lowest BCUT2D eigenvalue weighted by Gasteiger charge is -2.16. The Morgan fingerprint density at radius 1 is 0.730 bits per heavy atom. The zero-order valence-electron chi connectivity index (χ0n) is 18.4. The maximum absolute atomic E-state index is 13.0. The molecule has 0 saturated carbocycles. The molecule has 1 heterocycles. The van der Waals surface area contributed by atoms with Crippen LogP contribution in [-0.2, 0) is 20.0 Å². The van der Waals surface area contributed by atoms with Crippen LogP contribution in [0.3, 0.4) is 0 Å². The second kappa shape index (κ2) is 10.2. The molecule has 0 aliphatic rings. The average molecular weight is 589 g/mol. The van der Waals surface area contributed by atoms with Gasteiger partial charge in [-0.25, -0.2) is 16.8 Å². The highest BCUT2D eigenvalue weighted by atomic mass is 35.5. The highest BCUT2D eigenvalue weighted by Gasteiger charge is 2.31. The average Bonchev–Trinajstić information content (AvgIpc) is 3.27. The summed E-state index contributed by atoms with van der Waals surface area (Å²) in [5, 5.41) is 0. The molecule has 14 heteroatoms. The van der Waals surface area contributed by atoms with E-state index in [-0.39, 0.29) is 24.8 Å². The van der Waals surface area contributed by atoms with Gasteiger partial charge in [0.25, 0.3) is 20.0 Å². The van der Waals surface area contributed by atoms with Gasteiger partial charge < -0.3 is 4.74 Å². The van der Waals surface area contributed by atoms with E-state index in [4.69, 9.17) is 11.6 Å². The van der Waals surface area contributed by atoms with E-state index >= 15 is 0 Å². The summed E-state index contributed by atoms with van der Waals surface area (Å²) in [5.41, 5.74) is 1.16. The van der Waals surface area contributed by atoms with Crippen LogP contribution in [0.15, 0.2) is 94.0 Å². The fourth-order valence-corrected chi connectivity index (χ4v) is 6.82. The van der Waals surface area contributed by atoms with Gasteiger partial charge in [0.15, 0.2) is 0 Å². The van der Waals surface area contributed by atoms with E-state index in [0.717, 1.165) is 41.2 Å². The van der Waals surface area contributed by atoms with Gasteiger partial charge in [-0.2, -0.15) is 0 Å². The minimum atomic E-state index is -4.93. The lowest BCUT2D eigenvalue weighted by Crippen LogP contribution is -2.18. The van der Waals surface area contributed by atoms with Gasteiger partial charge in [-0.1, -0.05) is 48.0 Å². The number of hydrogen-bond donors (Lipinski definition) is 2. The number of halogens is 4. The van der Waals surface area contributed by atoms with Crippen LogP contribution in [0, 0.1) is 0 Å². The standard InChI is InChI=1S/C23H16ClF3N2O5S3/c24-21-12-13-22(35-21)37(32,33)29-20-14-16(15-4-2-1-3-5-15)6-11-19(20)28-36(30,31)18-9-7-17(8-10-18)34-23(25,26)27/h1-14,28-29H. The summed E-state index contributed by atoms with van der Waals surface area (Å²) < 4.78 is 97.7. The van der Waals surface area contributed by atoms with Gasteiger partial charge >= 0.3 is 6.36 Å². The first kappa shape index (κ1) is 26.8. The normalized spacial score (nSPS) is 12.2. The lowest BCUT2D eigenvalue weighted by atomic mass is 10.0. The van der Waals surface area contributed by atoms with Gasteiger partial charge in [-0.3, -0.25) is 9.44 Å². The van der Waals surface area contributed by atoms with Crippen molar-refractivity contribution in [3.05, 3.63) is 89.3 Å². The second-order valence-electron chi connectivity index (χ2n) is 7.42. The minimum absolute atomic E-state index is 0.0773. The van der Waals surface area contributed by atoms with Crippen molar-refractivity contribution < 1.29 is 34.7 Å². The fraction of sp³-hybridized carbons (Fsp3) is 0.0435. The molecule has 0 spiro atoms. The second-order valence-corrected chi connectivity index (χ2v) is 12.7. The molecular formula is C23H16ClF3N2O5S3. The van der Waals surface area contributed by atoms with Crippen LogP contribution >= 0.6 is 22.9 Å². The predicted octanol–water partition coefficient (Wildman–Crippen LogP) is 6.57. The quantitative estimate of drug-likeness (QED) is 0.242. The van der Waals surface area contributed by atoms with E-state index in [1.54, 1.807) is 36.4 Å². The molecule has 0 radical (unpaired) electrons. The summed E-state index contributed by atoms with van der Waals surface area (Å²) >= 11 is 6.69. The van der Waals surface area contributed by atoms with Gasteiger partial charge in [-0.15, -0.1) is 24.5 Å². The Labute approximate surface area is 219 Å². The number of benzene rings is 3. The smallest absolute Gasteiger partial charge is 0.406 e. The Kier molecular flexibility index (Phi) is 7.42. The zero-order valence-corrected chi connectivity index (χ0v) is 21.6. The topological polar surface area (TPSA) is 102 Å². The molecule has 7 nitrogen and oxygen atoms in total. The van der Waals surface area contributed by atoms with Crippen molar-refractivity contribution in [2.45, 2.75) is 15.5 Å². The van der Waals surface area contributed by atoms with Crippen LogP contribution in [0.2, 0.25) is 4.34 Å². The van der Waals surface area contributed by atoms with Crippen LogP contribution in [0.25, 0.3) is 11.1 Å². The molecule has 4 aromatic rings. The molecule has 0 saturated heterocycles. The molecule has 0 aliphatic carbocycles. The molecule has 37 heavy (non-hydrogen) atoms. The van der Waals surface area contributed by atoms with Crippen molar-refractivity contribution in [3.63, 3.8) is 0 Å². The summed E-state index contributed by atoms with van der Waals surface area (Å²) in [6.45, 7) is 0. The number of sulfonamides is 2. The fourth-order valence-electron chi connectivity index (χ4n) is 3.19.